The van der Waals surface area contributed by atoms with Gasteiger partial charge < -0.3 is 0 Å². The van der Waals surface area contributed by atoms with Gasteiger partial charge in [-0.25, -0.2) is 5.53 Å². The Kier molecular flexibility index (Phi) is 3.73. The predicted octanol–water partition coefficient (Wildman–Crippen LogP) is 0.966. The summed E-state index contributed by atoms with van der Waals surface area (Å²) < 4.78 is 1.49. The number of nitrogens with one attached hydrogen (secondary N) is 3. The highest BCUT2D eigenvalue weighted by atomic mass is 127. The molecule has 17 heavy (non-hydrogen) atoms. The molecule has 1 aromatic carbocycles. The van der Waals surface area contributed by atoms with Crippen molar-refractivity contribution in [3.63, 3.8) is 0 Å². The van der Waals surface area contributed by atoms with Crippen LogP contribution in [-0.2, 0) is 0 Å². The van der Waals surface area contributed by atoms with Gasteiger partial charge in [-0.1, -0.05) is 21.5 Å². The van der Waals surface area contributed by atoms with Crippen molar-refractivity contribution >= 4 is 40.1 Å². The highest BCUT2D eigenvalue weighted by molar-refractivity contribution is 14.1. The highest BCUT2D eigenvalue weighted by Crippen LogP contribution is 2.05. The molecule has 0 bridgehead atoms. The van der Waals surface area contributed by atoms with E-state index in [1.165, 1.54) is 3.33 Å². The first-order valence-electron chi connectivity index (χ1n) is 4.64. The van der Waals surface area contributed by atoms with Crippen LogP contribution in [0.15, 0.2) is 40.5 Å². The van der Waals surface area contributed by atoms with Crippen molar-refractivity contribution in [3.8, 4) is 6.07 Å². The number of para-hydroxylation sites is 1. The maximum atomic E-state index is 8.96. The maximum Gasteiger partial charge on any atom is 0.206 e. The van der Waals surface area contributed by atoms with Gasteiger partial charge in [-0.3, -0.25) is 10.9 Å². The summed E-state index contributed by atoms with van der Waals surface area (Å²) in [4.78, 5) is 0. The third-order valence-electron chi connectivity index (χ3n) is 1.85. The molecular formula is C9H8IN7. The topological polar surface area (TPSA) is 87.8 Å². The molecule has 1 aliphatic heterocycles. The van der Waals surface area contributed by atoms with Crippen LogP contribution in [-0.4, -0.2) is 14.9 Å². The Morgan fingerprint density at radius 2 is 2.24 bits per heavy atom. The molecule has 0 aromatic heterocycles. The van der Waals surface area contributed by atoms with Crippen LogP contribution in [0.1, 0.15) is 0 Å². The van der Waals surface area contributed by atoms with Gasteiger partial charge in [-0.05, 0) is 12.1 Å². The SMILES string of the molecule is N#CC(=NNc1ccccc1)C1=NNN(I)N1. The van der Waals surface area contributed by atoms with Gasteiger partial charge >= 0.3 is 0 Å². The van der Waals surface area contributed by atoms with Gasteiger partial charge in [0.2, 0.25) is 11.5 Å². The minimum atomic E-state index is 0.167. The molecule has 0 aliphatic carbocycles. The normalized spacial score (nSPS) is 15.5. The summed E-state index contributed by atoms with van der Waals surface area (Å²) >= 11 is 1.95. The molecule has 86 valence electrons. The fourth-order valence-electron chi connectivity index (χ4n) is 1.11. The number of hydrazone groups is 2. The fourth-order valence-corrected chi connectivity index (χ4v) is 1.44. The average molecular weight is 341 g/mol. The van der Waals surface area contributed by atoms with Crippen LogP contribution >= 0.6 is 22.9 Å². The Morgan fingerprint density at radius 3 is 2.82 bits per heavy atom. The molecule has 0 fully saturated rings. The molecule has 0 spiro atoms. The summed E-state index contributed by atoms with van der Waals surface area (Å²) in [6.45, 7) is 0. The summed E-state index contributed by atoms with van der Waals surface area (Å²) in [6.07, 6.45) is 0. The maximum absolute atomic E-state index is 8.96. The Hall–Kier alpha value is -1.86. The monoisotopic (exact) mass is 341 g/mol. The van der Waals surface area contributed by atoms with Gasteiger partial charge in [0.05, 0.1) is 28.6 Å². The third kappa shape index (κ3) is 3.05. The Morgan fingerprint density at radius 1 is 1.47 bits per heavy atom. The highest BCUT2D eigenvalue weighted by Gasteiger charge is 2.17. The number of halogens is 1. The minimum Gasteiger partial charge on any atom is -0.277 e. The second-order valence-electron chi connectivity index (χ2n) is 3.00. The van der Waals surface area contributed by atoms with Crippen LogP contribution in [0.25, 0.3) is 0 Å². The van der Waals surface area contributed by atoms with Gasteiger partial charge in [0.25, 0.3) is 0 Å². The average Bonchev–Trinajstić information content (AvgIpc) is 2.78. The number of anilines is 1. The standard InChI is InChI=1S/C9H8IN7/c10-17-15-9(14-16-17)8(6-11)13-12-7-4-2-1-3-5-7/h1-5,12,16H,(H,14,15). The van der Waals surface area contributed by atoms with Crippen molar-refractivity contribution in [3.05, 3.63) is 30.3 Å². The van der Waals surface area contributed by atoms with Crippen molar-refractivity contribution < 1.29 is 0 Å². The molecule has 1 aromatic rings. The van der Waals surface area contributed by atoms with E-state index < -0.39 is 0 Å². The number of nitrogens with zero attached hydrogens (tertiary/aromatic N) is 4. The van der Waals surface area contributed by atoms with Crippen molar-refractivity contribution in [1.82, 2.24) is 14.3 Å². The smallest absolute Gasteiger partial charge is 0.206 e. The lowest BCUT2D eigenvalue weighted by atomic mass is 10.3. The fraction of sp³-hybridized carbons (Fsp3) is 0. The number of nitriles is 1. The number of hydrazine groups is 2. The first kappa shape index (κ1) is 11.6. The molecule has 1 heterocycles. The zero-order chi connectivity index (χ0) is 12.1. The quantitative estimate of drug-likeness (QED) is 0.330. The van der Waals surface area contributed by atoms with Crippen molar-refractivity contribution in [2.24, 2.45) is 10.2 Å². The molecule has 1 aliphatic rings. The second-order valence-corrected chi connectivity index (χ2v) is 3.97. The summed E-state index contributed by atoms with van der Waals surface area (Å²) in [5.41, 5.74) is 9.18. The first-order chi connectivity index (χ1) is 8.29. The van der Waals surface area contributed by atoms with Gasteiger partial charge in [0, 0.05) is 0 Å². The van der Waals surface area contributed by atoms with Crippen LogP contribution in [0, 0.1) is 11.3 Å². The van der Waals surface area contributed by atoms with Gasteiger partial charge in [0.1, 0.15) is 6.07 Å². The number of amidine groups is 1. The van der Waals surface area contributed by atoms with E-state index in [1.54, 1.807) is 0 Å². The number of hydrogen-bond donors (Lipinski definition) is 3. The van der Waals surface area contributed by atoms with E-state index in [0.717, 1.165) is 5.69 Å². The van der Waals surface area contributed by atoms with E-state index in [4.69, 9.17) is 5.26 Å². The zero-order valence-corrected chi connectivity index (χ0v) is 10.7. The summed E-state index contributed by atoms with van der Waals surface area (Å²) in [7, 11) is 0. The van der Waals surface area contributed by atoms with E-state index in [9.17, 15) is 0 Å². The lowest BCUT2D eigenvalue weighted by Gasteiger charge is -2.04. The minimum absolute atomic E-state index is 0.167. The molecule has 0 saturated heterocycles. The zero-order valence-electron chi connectivity index (χ0n) is 8.55. The molecule has 0 radical (unpaired) electrons. The summed E-state index contributed by atoms with van der Waals surface area (Å²) in [6, 6.07) is 11.3. The number of hydrogen-bond acceptors (Lipinski definition) is 7. The van der Waals surface area contributed by atoms with Crippen LogP contribution in [0.2, 0.25) is 0 Å². The summed E-state index contributed by atoms with van der Waals surface area (Å²) in [5.74, 6) is 0.366. The van der Waals surface area contributed by atoms with Gasteiger partial charge in [-0.2, -0.15) is 10.4 Å². The molecule has 8 heteroatoms. The molecule has 7 nitrogen and oxygen atoms in total. The number of benzene rings is 1. The predicted molar refractivity (Wildman–Crippen MR) is 72.7 cm³/mol. The van der Waals surface area contributed by atoms with E-state index in [-0.39, 0.29) is 5.71 Å². The molecule has 0 amide bonds. The van der Waals surface area contributed by atoms with Gasteiger partial charge in [-0.15, -0.1) is 5.10 Å². The lowest BCUT2D eigenvalue weighted by molar-refractivity contribution is 0.399. The summed E-state index contributed by atoms with van der Waals surface area (Å²) in [5, 5.41) is 16.8. The largest absolute Gasteiger partial charge is 0.277 e. The van der Waals surface area contributed by atoms with Crippen LogP contribution in [0.4, 0.5) is 5.69 Å². The van der Waals surface area contributed by atoms with E-state index in [1.807, 2.05) is 59.3 Å². The first-order valence-corrected chi connectivity index (χ1v) is 5.61. The van der Waals surface area contributed by atoms with E-state index in [0.29, 0.717) is 5.84 Å². The van der Waals surface area contributed by atoms with Crippen LogP contribution in [0.3, 0.4) is 0 Å². The van der Waals surface area contributed by atoms with Crippen molar-refractivity contribution in [2.75, 3.05) is 5.43 Å². The van der Waals surface area contributed by atoms with Crippen LogP contribution < -0.4 is 16.4 Å². The lowest BCUT2D eigenvalue weighted by Crippen LogP contribution is -2.35. The van der Waals surface area contributed by atoms with Crippen molar-refractivity contribution in [1.29, 1.82) is 5.26 Å². The van der Waals surface area contributed by atoms with Gasteiger partial charge in [0.15, 0.2) is 0 Å². The molecule has 2 rings (SSSR count). The molecule has 3 N–H and O–H groups in total. The van der Waals surface area contributed by atoms with E-state index >= 15 is 0 Å². The number of rotatable bonds is 3. The van der Waals surface area contributed by atoms with E-state index in [2.05, 4.69) is 26.6 Å². The third-order valence-corrected chi connectivity index (χ3v) is 2.31. The van der Waals surface area contributed by atoms with Crippen LogP contribution in [0.5, 0.6) is 0 Å². The second kappa shape index (κ2) is 5.46. The Labute approximate surface area is 112 Å². The Bertz CT molecular complexity index is 490. The molecule has 0 atom stereocenters. The van der Waals surface area contributed by atoms with Crippen molar-refractivity contribution in [2.45, 2.75) is 0 Å². The molecular weight excluding hydrogens is 333 g/mol. The Balaban J connectivity index is 2.07. The molecule has 0 unspecified atom stereocenters. The molecule has 0 saturated carbocycles.